The van der Waals surface area contributed by atoms with E-state index in [2.05, 4.69) is 101 Å². The van der Waals surface area contributed by atoms with Crippen molar-refractivity contribution in [2.45, 2.75) is 47.0 Å². The summed E-state index contributed by atoms with van der Waals surface area (Å²) in [4.78, 5) is 0. The molecule has 0 fully saturated rings. The van der Waals surface area contributed by atoms with Gasteiger partial charge in [-0.25, -0.2) is 23.3 Å². The molecule has 0 amide bonds. The first kappa shape index (κ1) is 25.6. The molecule has 0 bridgehead atoms. The second-order valence-electron chi connectivity index (χ2n) is 7.30. The first-order valence-electron chi connectivity index (χ1n) is 9.62. The van der Waals surface area contributed by atoms with Gasteiger partial charge in [0.2, 0.25) is 0 Å². The van der Waals surface area contributed by atoms with Crippen molar-refractivity contribution in [3.63, 3.8) is 0 Å². The van der Waals surface area contributed by atoms with Crippen LogP contribution in [0.1, 0.15) is 48.9 Å². The maximum Gasteiger partial charge on any atom is 4.00 e. The molecule has 0 N–H and O–H groups in total. The molecule has 5 rings (SSSR count). The van der Waals surface area contributed by atoms with Gasteiger partial charge in [0.15, 0.2) is 0 Å². The smallest absolute Gasteiger partial charge is 1.00 e. The van der Waals surface area contributed by atoms with Crippen LogP contribution in [-0.2, 0) is 32.6 Å². The fourth-order valence-electron chi connectivity index (χ4n) is 3.40. The summed E-state index contributed by atoms with van der Waals surface area (Å²) in [5.74, 6) is 0. The summed E-state index contributed by atoms with van der Waals surface area (Å²) >= 11 is 0. The monoisotopic (exact) mass is 476 g/mol. The number of halogens is 1. The van der Waals surface area contributed by atoms with E-state index in [1.807, 2.05) is 0 Å². The van der Waals surface area contributed by atoms with E-state index in [1.165, 1.54) is 44.5 Å². The summed E-state index contributed by atoms with van der Waals surface area (Å²) in [7, 11) is 0. The van der Waals surface area contributed by atoms with E-state index < -0.39 is 0 Å². The third kappa shape index (κ3) is 7.40. The number of allylic oxidation sites excluding steroid dienone is 8. The molecule has 3 aliphatic rings. The third-order valence-corrected chi connectivity index (χ3v) is 4.82. The maximum atomic E-state index is 3.45. The molecule has 2 heteroatoms. The Bertz CT molecular complexity index is 862. The molecule has 2 aromatic rings. The Balaban J connectivity index is 0.000000252. The van der Waals surface area contributed by atoms with Gasteiger partial charge in [0.25, 0.3) is 0 Å². The Hall–Kier alpha value is -1.43. The van der Waals surface area contributed by atoms with Crippen LogP contribution in [0.25, 0.3) is 11.1 Å². The predicted molar refractivity (Wildman–Crippen MR) is 115 cm³/mol. The number of hydrogen-bond donors (Lipinski definition) is 0. The molecule has 0 aliphatic heterocycles. The van der Waals surface area contributed by atoms with Crippen molar-refractivity contribution in [3.05, 3.63) is 106 Å². The largest absolute Gasteiger partial charge is 4.00 e. The minimum absolute atomic E-state index is 0. The van der Waals surface area contributed by atoms with Gasteiger partial charge in [-0.05, 0) is 18.9 Å². The van der Waals surface area contributed by atoms with E-state index in [9.17, 15) is 0 Å². The van der Waals surface area contributed by atoms with Gasteiger partial charge in [-0.3, -0.25) is 12.2 Å². The fourth-order valence-corrected chi connectivity index (χ4v) is 3.40. The first-order chi connectivity index (χ1) is 13.0. The van der Waals surface area contributed by atoms with Gasteiger partial charge >= 0.3 is 26.2 Å². The van der Waals surface area contributed by atoms with Crippen LogP contribution in [0.15, 0.2) is 65.8 Å². The molecule has 0 aromatic heterocycles. The molecular formula is C27H27ClZr. The molecule has 0 saturated carbocycles. The van der Waals surface area contributed by atoms with E-state index in [0.717, 1.165) is 19.3 Å². The maximum absolute atomic E-state index is 3.45. The SMILES string of the molecule is CC1=[C-]CC=C1.CC1=[C-]CC=C1.Cc1[c-]c2c(cc1)-c1ccc(C)cc1C2.[Cl-].[Zr+4]. The summed E-state index contributed by atoms with van der Waals surface area (Å²) in [6.07, 6.45) is 17.7. The summed E-state index contributed by atoms with van der Waals surface area (Å²) in [5, 5.41) is 0. The number of aryl methyl sites for hydroxylation is 2. The quantitative estimate of drug-likeness (QED) is 0.428. The van der Waals surface area contributed by atoms with E-state index >= 15 is 0 Å². The Labute approximate surface area is 202 Å². The minimum Gasteiger partial charge on any atom is -1.00 e. The Morgan fingerprint density at radius 3 is 1.83 bits per heavy atom. The third-order valence-electron chi connectivity index (χ3n) is 4.82. The zero-order valence-corrected chi connectivity index (χ0v) is 20.9. The van der Waals surface area contributed by atoms with Crippen LogP contribution in [0.5, 0.6) is 0 Å². The van der Waals surface area contributed by atoms with Crippen molar-refractivity contribution in [1.29, 1.82) is 0 Å². The fraction of sp³-hybridized carbons (Fsp3) is 0.259. The molecular weight excluding hydrogens is 451 g/mol. The topological polar surface area (TPSA) is 0 Å². The number of rotatable bonds is 0. The van der Waals surface area contributed by atoms with Gasteiger partial charge in [0.05, 0.1) is 0 Å². The van der Waals surface area contributed by atoms with Crippen LogP contribution >= 0.6 is 0 Å². The predicted octanol–water partition coefficient (Wildman–Crippen LogP) is 4.07. The summed E-state index contributed by atoms with van der Waals surface area (Å²) < 4.78 is 0. The van der Waals surface area contributed by atoms with Gasteiger partial charge in [-0.15, -0.1) is 24.0 Å². The van der Waals surface area contributed by atoms with Gasteiger partial charge in [-0.2, -0.15) is 35.9 Å². The molecule has 0 spiro atoms. The molecule has 0 atom stereocenters. The van der Waals surface area contributed by atoms with Crippen LogP contribution in [0, 0.1) is 32.1 Å². The molecule has 0 heterocycles. The van der Waals surface area contributed by atoms with Gasteiger partial charge in [-0.1, -0.05) is 50.1 Å². The summed E-state index contributed by atoms with van der Waals surface area (Å²) in [6, 6.07) is 14.5. The second kappa shape index (κ2) is 12.3. The summed E-state index contributed by atoms with van der Waals surface area (Å²) in [5.41, 5.74) is 10.7. The standard InChI is InChI=1S/C15H13.2C6H7.ClH.Zr/c1-10-3-5-14-12(7-10)9-13-8-11(2)4-6-15(13)14;2*1-6-4-2-3-5-6;;/h3-7H,9H2,1-2H3;2*2,4H,3H2,1H3;1H;/q3*-1;;+4/p-1. The average Bonchev–Trinajstić information content (AvgIpc) is 3.36. The zero-order valence-electron chi connectivity index (χ0n) is 17.7. The molecule has 0 radical (unpaired) electrons. The normalized spacial score (nSPS) is 14.1. The van der Waals surface area contributed by atoms with Crippen LogP contribution in [-0.4, -0.2) is 0 Å². The number of hydrogen-bond acceptors (Lipinski definition) is 0. The Morgan fingerprint density at radius 1 is 0.759 bits per heavy atom. The van der Waals surface area contributed by atoms with Crippen molar-refractivity contribution in [2.24, 2.45) is 0 Å². The molecule has 29 heavy (non-hydrogen) atoms. The van der Waals surface area contributed by atoms with E-state index in [-0.39, 0.29) is 38.6 Å². The minimum atomic E-state index is 0. The van der Waals surface area contributed by atoms with Crippen molar-refractivity contribution < 1.29 is 38.6 Å². The van der Waals surface area contributed by atoms with Gasteiger partial charge < -0.3 is 12.4 Å². The van der Waals surface area contributed by atoms with E-state index in [4.69, 9.17) is 0 Å². The molecule has 0 unspecified atom stereocenters. The number of fused-ring (bicyclic) bond motifs is 3. The zero-order chi connectivity index (χ0) is 19.2. The first-order valence-corrected chi connectivity index (χ1v) is 9.62. The molecule has 2 aromatic carbocycles. The van der Waals surface area contributed by atoms with Crippen molar-refractivity contribution in [2.75, 3.05) is 0 Å². The van der Waals surface area contributed by atoms with Crippen molar-refractivity contribution in [1.82, 2.24) is 0 Å². The van der Waals surface area contributed by atoms with Crippen molar-refractivity contribution >= 4 is 0 Å². The number of benzene rings is 2. The Kier molecular flexibility index (Phi) is 10.9. The van der Waals surface area contributed by atoms with Gasteiger partial charge in [0.1, 0.15) is 0 Å². The van der Waals surface area contributed by atoms with Crippen LogP contribution < -0.4 is 12.4 Å². The summed E-state index contributed by atoms with van der Waals surface area (Å²) in [6.45, 7) is 8.37. The van der Waals surface area contributed by atoms with E-state index in [1.54, 1.807) is 0 Å². The molecule has 0 saturated heterocycles. The average molecular weight is 478 g/mol. The molecule has 0 nitrogen and oxygen atoms in total. The molecule has 3 aliphatic carbocycles. The molecule has 146 valence electrons. The Morgan fingerprint density at radius 2 is 1.34 bits per heavy atom. The van der Waals surface area contributed by atoms with Crippen LogP contribution in [0.4, 0.5) is 0 Å². The van der Waals surface area contributed by atoms with Crippen LogP contribution in [0.2, 0.25) is 0 Å². The van der Waals surface area contributed by atoms with Crippen molar-refractivity contribution in [3.8, 4) is 11.1 Å². The van der Waals surface area contributed by atoms with Gasteiger partial charge in [0, 0.05) is 0 Å². The second-order valence-corrected chi connectivity index (χ2v) is 7.30. The van der Waals surface area contributed by atoms with E-state index in [0.29, 0.717) is 0 Å². The van der Waals surface area contributed by atoms with Crippen LogP contribution in [0.3, 0.4) is 0 Å².